The Kier molecular flexibility index (Phi) is 3.56. The minimum absolute atomic E-state index is 1.09. The Morgan fingerprint density at radius 2 is 1.67 bits per heavy atom. The smallest absolute Gasteiger partial charge is 0.0634 e. The molecule has 1 nitrogen and oxygen atoms in total. The molecule has 0 unspecified atom stereocenters. The van der Waals surface area contributed by atoms with Crippen molar-refractivity contribution in [2.24, 2.45) is 0 Å². The first-order valence-corrected chi connectivity index (χ1v) is 9.85. The summed E-state index contributed by atoms with van der Waals surface area (Å²) in [5.41, 5.74) is 5.93. The molecule has 5 rings (SSSR count). The zero-order valence-corrected chi connectivity index (χ0v) is 16.0. The molecular formula is C25H19NS. The van der Waals surface area contributed by atoms with Crippen LogP contribution in [0.1, 0.15) is 16.8 Å². The summed E-state index contributed by atoms with van der Waals surface area (Å²) < 4.78 is 5.00. The predicted molar refractivity (Wildman–Crippen MR) is 121 cm³/mol. The molecule has 0 aliphatic rings. The number of aryl methyl sites for hydroxylation is 1. The number of aromatic nitrogens is 1. The Morgan fingerprint density at radius 1 is 0.852 bits per heavy atom. The lowest BCUT2D eigenvalue weighted by atomic mass is 10.1. The van der Waals surface area contributed by atoms with Crippen molar-refractivity contribution in [3.05, 3.63) is 90.6 Å². The van der Waals surface area contributed by atoms with Crippen LogP contribution >= 0.6 is 11.3 Å². The molecule has 2 heteroatoms. The lowest BCUT2D eigenvalue weighted by molar-refractivity contribution is 1.11. The summed E-state index contributed by atoms with van der Waals surface area (Å²) in [6.07, 6.45) is 3.89. The van der Waals surface area contributed by atoms with E-state index in [9.17, 15) is 0 Å². The molecule has 5 aromatic rings. The van der Waals surface area contributed by atoms with Gasteiger partial charge >= 0.3 is 0 Å². The third-order valence-electron chi connectivity index (χ3n) is 5.28. The molecule has 0 N–H and O–H groups in total. The molecular weight excluding hydrogens is 346 g/mol. The largest absolute Gasteiger partial charge is 0.309 e. The molecule has 3 aromatic carbocycles. The Hall–Kier alpha value is -3.10. The van der Waals surface area contributed by atoms with Gasteiger partial charge in [-0.3, -0.25) is 0 Å². The number of para-hydroxylation sites is 1. The molecule has 0 aliphatic heterocycles. The maximum Gasteiger partial charge on any atom is 0.0634 e. The van der Waals surface area contributed by atoms with E-state index < -0.39 is 0 Å². The Balaban J connectivity index is 2.10. The highest BCUT2D eigenvalue weighted by molar-refractivity contribution is 7.26. The Labute approximate surface area is 162 Å². The number of rotatable bonds is 3. The summed E-state index contributed by atoms with van der Waals surface area (Å²) in [5.74, 6) is 0. The van der Waals surface area contributed by atoms with Crippen LogP contribution in [0, 0.1) is 6.92 Å². The van der Waals surface area contributed by atoms with Crippen molar-refractivity contribution in [3.63, 3.8) is 0 Å². The third kappa shape index (κ3) is 2.17. The number of benzene rings is 3. The number of thiophene rings is 1. The summed E-state index contributed by atoms with van der Waals surface area (Å²) in [5, 5.41) is 3.86. The van der Waals surface area contributed by atoms with Gasteiger partial charge < -0.3 is 4.57 Å². The molecule has 130 valence electrons. The highest BCUT2D eigenvalue weighted by Gasteiger charge is 2.19. The standard InChI is InChI=1S/C25H19NS/c1-4-18-19-14-15-22-23(20-13-9-10-16(3)25(20)27-22)24(19)26(21(18)5-2)17-11-7-6-8-12-17/h4-15H,1-2H2,3H3. The van der Waals surface area contributed by atoms with Gasteiger partial charge in [-0.05, 0) is 36.8 Å². The number of hydrogen-bond donors (Lipinski definition) is 0. The van der Waals surface area contributed by atoms with Crippen LogP contribution in [0.5, 0.6) is 0 Å². The molecule has 0 fully saturated rings. The highest BCUT2D eigenvalue weighted by Crippen LogP contribution is 2.43. The van der Waals surface area contributed by atoms with Gasteiger partial charge in [-0.25, -0.2) is 0 Å². The second-order valence-electron chi connectivity index (χ2n) is 6.77. The summed E-state index contributed by atoms with van der Waals surface area (Å²) >= 11 is 1.87. The lowest BCUT2D eigenvalue weighted by Gasteiger charge is -2.10. The van der Waals surface area contributed by atoms with E-state index >= 15 is 0 Å². The van der Waals surface area contributed by atoms with Crippen LogP contribution in [-0.2, 0) is 0 Å². The van der Waals surface area contributed by atoms with E-state index in [1.54, 1.807) is 0 Å². The zero-order valence-electron chi connectivity index (χ0n) is 15.2. The molecule has 0 aliphatic carbocycles. The summed E-state index contributed by atoms with van der Waals surface area (Å²) in [6, 6.07) is 21.6. The van der Waals surface area contributed by atoms with Crippen molar-refractivity contribution >= 4 is 54.6 Å². The number of fused-ring (bicyclic) bond motifs is 5. The molecule has 27 heavy (non-hydrogen) atoms. The quantitative estimate of drug-likeness (QED) is 0.310. The average Bonchev–Trinajstić information content (AvgIpc) is 3.24. The molecule has 0 saturated carbocycles. The van der Waals surface area contributed by atoms with Gasteiger partial charge in [-0.1, -0.05) is 61.7 Å². The predicted octanol–water partition coefficient (Wildman–Crippen LogP) is 7.59. The minimum Gasteiger partial charge on any atom is -0.309 e. The van der Waals surface area contributed by atoms with E-state index in [0.29, 0.717) is 0 Å². The third-order valence-corrected chi connectivity index (χ3v) is 6.58. The van der Waals surface area contributed by atoms with E-state index in [-0.39, 0.29) is 0 Å². The van der Waals surface area contributed by atoms with Crippen molar-refractivity contribution in [1.82, 2.24) is 4.57 Å². The fourth-order valence-corrected chi connectivity index (χ4v) is 5.28. The van der Waals surface area contributed by atoms with E-state index in [2.05, 4.69) is 85.3 Å². The monoisotopic (exact) mass is 365 g/mol. The average molecular weight is 366 g/mol. The molecule has 0 saturated heterocycles. The van der Waals surface area contributed by atoms with Gasteiger partial charge in [0, 0.05) is 36.8 Å². The molecule has 2 aromatic heterocycles. The fourth-order valence-electron chi connectivity index (χ4n) is 4.10. The first-order valence-electron chi connectivity index (χ1n) is 9.04. The van der Waals surface area contributed by atoms with Crippen LogP contribution in [0.2, 0.25) is 0 Å². The van der Waals surface area contributed by atoms with Gasteiger partial charge in [0.1, 0.15) is 0 Å². The molecule has 0 spiro atoms. The first kappa shape index (κ1) is 16.1. The van der Waals surface area contributed by atoms with E-state index in [1.807, 2.05) is 23.5 Å². The maximum absolute atomic E-state index is 4.10. The van der Waals surface area contributed by atoms with Crippen LogP contribution in [0.25, 0.3) is 48.9 Å². The number of hydrogen-bond acceptors (Lipinski definition) is 1. The zero-order chi connectivity index (χ0) is 18.5. The van der Waals surface area contributed by atoms with Crippen LogP contribution in [0.4, 0.5) is 0 Å². The van der Waals surface area contributed by atoms with Crippen LogP contribution in [0.3, 0.4) is 0 Å². The number of nitrogens with zero attached hydrogens (tertiary/aromatic N) is 1. The lowest BCUT2D eigenvalue weighted by Crippen LogP contribution is -1.96. The van der Waals surface area contributed by atoms with Crippen molar-refractivity contribution in [2.45, 2.75) is 6.92 Å². The van der Waals surface area contributed by atoms with E-state index in [1.165, 1.54) is 36.6 Å². The molecule has 0 bridgehead atoms. The Morgan fingerprint density at radius 3 is 2.41 bits per heavy atom. The minimum atomic E-state index is 1.09. The summed E-state index contributed by atoms with van der Waals surface area (Å²) in [7, 11) is 0. The van der Waals surface area contributed by atoms with Crippen LogP contribution in [0.15, 0.2) is 73.8 Å². The van der Waals surface area contributed by atoms with Gasteiger partial charge in [-0.15, -0.1) is 11.3 Å². The fraction of sp³-hybridized carbons (Fsp3) is 0.0400. The highest BCUT2D eigenvalue weighted by atomic mass is 32.1. The van der Waals surface area contributed by atoms with E-state index in [4.69, 9.17) is 0 Å². The normalized spacial score (nSPS) is 11.4. The van der Waals surface area contributed by atoms with Crippen molar-refractivity contribution in [1.29, 1.82) is 0 Å². The van der Waals surface area contributed by atoms with Gasteiger partial charge in [0.15, 0.2) is 0 Å². The SMILES string of the molecule is C=Cc1c(C=C)n(-c2ccccc2)c2c1ccc1sc3c(C)cccc3c12. The summed E-state index contributed by atoms with van der Waals surface area (Å²) in [6.45, 7) is 10.4. The second kappa shape index (κ2) is 5.97. The first-order chi connectivity index (χ1) is 13.2. The molecule has 2 heterocycles. The van der Waals surface area contributed by atoms with Crippen LogP contribution in [-0.4, -0.2) is 4.57 Å². The van der Waals surface area contributed by atoms with Gasteiger partial charge in [0.2, 0.25) is 0 Å². The summed E-state index contributed by atoms with van der Waals surface area (Å²) in [4.78, 5) is 0. The maximum atomic E-state index is 4.10. The van der Waals surface area contributed by atoms with Gasteiger partial charge in [0.05, 0.1) is 11.2 Å². The van der Waals surface area contributed by atoms with Crippen molar-refractivity contribution in [3.8, 4) is 5.69 Å². The second-order valence-corrected chi connectivity index (χ2v) is 7.82. The van der Waals surface area contributed by atoms with Gasteiger partial charge in [-0.2, -0.15) is 0 Å². The van der Waals surface area contributed by atoms with E-state index in [0.717, 1.165) is 16.9 Å². The van der Waals surface area contributed by atoms with Crippen molar-refractivity contribution < 1.29 is 0 Å². The molecule has 0 atom stereocenters. The van der Waals surface area contributed by atoms with Crippen molar-refractivity contribution in [2.75, 3.05) is 0 Å². The molecule has 0 amide bonds. The van der Waals surface area contributed by atoms with Crippen LogP contribution < -0.4 is 0 Å². The Bertz CT molecular complexity index is 1350. The topological polar surface area (TPSA) is 4.93 Å². The van der Waals surface area contributed by atoms with Gasteiger partial charge in [0.25, 0.3) is 0 Å². The molecule has 0 radical (unpaired) electrons.